The third-order valence-electron chi connectivity index (χ3n) is 3.38. The van der Waals surface area contributed by atoms with E-state index < -0.39 is 0 Å². The monoisotopic (exact) mass is 239 g/mol. The molecule has 1 aliphatic heterocycles. The molecule has 2 rings (SSSR count). The van der Waals surface area contributed by atoms with Crippen molar-refractivity contribution in [1.82, 2.24) is 5.32 Å². The largest absolute Gasteiger partial charge is 0.374 e. The lowest BCUT2D eigenvalue weighted by Crippen LogP contribution is -2.38. The summed E-state index contributed by atoms with van der Waals surface area (Å²) < 4.78 is 5.78. The van der Waals surface area contributed by atoms with E-state index in [1.807, 2.05) is 11.3 Å². The average Bonchev–Trinajstić information content (AvgIpc) is 2.85. The van der Waals surface area contributed by atoms with Crippen LogP contribution in [0.15, 0.2) is 11.4 Å². The van der Waals surface area contributed by atoms with Crippen LogP contribution in [0.3, 0.4) is 0 Å². The molecule has 2 unspecified atom stereocenters. The molecular formula is C13H21NOS. The van der Waals surface area contributed by atoms with Crippen molar-refractivity contribution in [1.29, 1.82) is 0 Å². The van der Waals surface area contributed by atoms with E-state index in [2.05, 4.69) is 37.5 Å². The van der Waals surface area contributed by atoms with E-state index >= 15 is 0 Å². The van der Waals surface area contributed by atoms with Crippen molar-refractivity contribution in [2.45, 2.75) is 45.3 Å². The molecule has 16 heavy (non-hydrogen) atoms. The Balaban J connectivity index is 1.88. The summed E-state index contributed by atoms with van der Waals surface area (Å²) in [7, 11) is 0. The van der Waals surface area contributed by atoms with E-state index in [0.717, 1.165) is 13.2 Å². The first-order valence-electron chi connectivity index (χ1n) is 6.02. The van der Waals surface area contributed by atoms with E-state index in [4.69, 9.17) is 4.74 Å². The zero-order chi connectivity index (χ0) is 11.6. The molecule has 90 valence electrons. The minimum atomic E-state index is 0.0550. The molecule has 1 aromatic heterocycles. The van der Waals surface area contributed by atoms with Crippen LogP contribution in [0.4, 0.5) is 0 Å². The standard InChI is InChI=1S/C13H21NOS/c1-10-5-8-16-12(10)11(2)14-9-13(3)6-4-7-15-13/h5,8,11,14H,4,6-7,9H2,1-3H3. The van der Waals surface area contributed by atoms with Crippen LogP contribution in [0.25, 0.3) is 0 Å². The van der Waals surface area contributed by atoms with Crippen molar-refractivity contribution in [3.8, 4) is 0 Å². The summed E-state index contributed by atoms with van der Waals surface area (Å²) in [6.07, 6.45) is 2.38. The highest BCUT2D eigenvalue weighted by Crippen LogP contribution is 2.27. The van der Waals surface area contributed by atoms with Crippen molar-refractivity contribution < 1.29 is 4.74 Å². The van der Waals surface area contributed by atoms with E-state index in [1.165, 1.54) is 23.3 Å². The Morgan fingerprint density at radius 1 is 1.62 bits per heavy atom. The number of hydrogen-bond donors (Lipinski definition) is 1. The van der Waals surface area contributed by atoms with Crippen molar-refractivity contribution in [2.24, 2.45) is 0 Å². The number of nitrogens with one attached hydrogen (secondary N) is 1. The van der Waals surface area contributed by atoms with Crippen molar-refractivity contribution in [3.05, 3.63) is 21.9 Å². The number of ether oxygens (including phenoxy) is 1. The van der Waals surface area contributed by atoms with Gasteiger partial charge in [-0.3, -0.25) is 0 Å². The van der Waals surface area contributed by atoms with Crippen LogP contribution in [0, 0.1) is 6.92 Å². The van der Waals surface area contributed by atoms with Crippen LogP contribution in [-0.4, -0.2) is 18.8 Å². The molecule has 0 radical (unpaired) electrons. The van der Waals surface area contributed by atoms with Crippen LogP contribution in [0.2, 0.25) is 0 Å². The highest BCUT2D eigenvalue weighted by molar-refractivity contribution is 7.10. The quantitative estimate of drug-likeness (QED) is 0.870. The molecule has 1 fully saturated rings. The van der Waals surface area contributed by atoms with Crippen LogP contribution in [-0.2, 0) is 4.74 Å². The molecule has 0 bridgehead atoms. The maximum absolute atomic E-state index is 5.78. The maximum Gasteiger partial charge on any atom is 0.0779 e. The van der Waals surface area contributed by atoms with E-state index in [-0.39, 0.29) is 5.60 Å². The van der Waals surface area contributed by atoms with Crippen LogP contribution >= 0.6 is 11.3 Å². The van der Waals surface area contributed by atoms with Gasteiger partial charge < -0.3 is 10.1 Å². The fraction of sp³-hybridized carbons (Fsp3) is 0.692. The van der Waals surface area contributed by atoms with Gasteiger partial charge in [0.2, 0.25) is 0 Å². The smallest absolute Gasteiger partial charge is 0.0779 e. The molecule has 0 aliphatic carbocycles. The predicted molar refractivity (Wildman–Crippen MR) is 69.1 cm³/mol. The zero-order valence-electron chi connectivity index (χ0n) is 10.4. The van der Waals surface area contributed by atoms with Gasteiger partial charge in [-0.25, -0.2) is 0 Å². The van der Waals surface area contributed by atoms with Gasteiger partial charge in [0.1, 0.15) is 0 Å². The Kier molecular flexibility index (Phi) is 3.67. The van der Waals surface area contributed by atoms with Gasteiger partial charge in [0.15, 0.2) is 0 Å². The number of thiophene rings is 1. The van der Waals surface area contributed by atoms with Gasteiger partial charge in [-0.2, -0.15) is 0 Å². The molecule has 2 atom stereocenters. The first kappa shape index (κ1) is 12.1. The summed E-state index contributed by atoms with van der Waals surface area (Å²) in [6.45, 7) is 8.49. The average molecular weight is 239 g/mol. The minimum Gasteiger partial charge on any atom is -0.374 e. The van der Waals surface area contributed by atoms with Crippen LogP contribution in [0.5, 0.6) is 0 Å². The molecular weight excluding hydrogens is 218 g/mol. The molecule has 2 heterocycles. The topological polar surface area (TPSA) is 21.3 Å². The van der Waals surface area contributed by atoms with Gasteiger partial charge in [-0.1, -0.05) is 0 Å². The molecule has 1 aromatic rings. The molecule has 2 nitrogen and oxygen atoms in total. The lowest BCUT2D eigenvalue weighted by molar-refractivity contribution is 0.0191. The van der Waals surface area contributed by atoms with Gasteiger partial charge in [0.05, 0.1) is 5.60 Å². The second-order valence-electron chi connectivity index (χ2n) is 4.97. The molecule has 0 amide bonds. The minimum absolute atomic E-state index is 0.0550. The fourth-order valence-electron chi connectivity index (χ4n) is 2.27. The Hall–Kier alpha value is -0.380. The molecule has 1 aliphatic rings. The van der Waals surface area contributed by atoms with Gasteiger partial charge >= 0.3 is 0 Å². The van der Waals surface area contributed by atoms with Gasteiger partial charge in [0.25, 0.3) is 0 Å². The number of hydrogen-bond acceptors (Lipinski definition) is 3. The molecule has 3 heteroatoms. The van der Waals surface area contributed by atoms with Crippen LogP contribution < -0.4 is 5.32 Å². The summed E-state index contributed by atoms with van der Waals surface area (Å²) in [5.74, 6) is 0. The maximum atomic E-state index is 5.78. The third kappa shape index (κ3) is 2.65. The molecule has 1 saturated heterocycles. The second-order valence-corrected chi connectivity index (χ2v) is 5.92. The Bertz CT molecular complexity index is 341. The third-order valence-corrected chi connectivity index (χ3v) is 4.58. The first-order chi connectivity index (χ1) is 7.61. The highest BCUT2D eigenvalue weighted by Gasteiger charge is 2.29. The number of rotatable bonds is 4. The number of aryl methyl sites for hydroxylation is 1. The molecule has 0 saturated carbocycles. The Labute approximate surface area is 102 Å². The van der Waals surface area contributed by atoms with Gasteiger partial charge in [-0.15, -0.1) is 11.3 Å². The lowest BCUT2D eigenvalue weighted by atomic mass is 10.0. The highest BCUT2D eigenvalue weighted by atomic mass is 32.1. The first-order valence-corrected chi connectivity index (χ1v) is 6.90. The van der Waals surface area contributed by atoms with Gasteiger partial charge in [0, 0.05) is 24.1 Å². The molecule has 0 spiro atoms. The van der Waals surface area contributed by atoms with E-state index in [9.17, 15) is 0 Å². The molecule has 0 aromatic carbocycles. The summed E-state index contributed by atoms with van der Waals surface area (Å²) >= 11 is 1.84. The Morgan fingerprint density at radius 3 is 3.00 bits per heavy atom. The zero-order valence-corrected chi connectivity index (χ0v) is 11.2. The normalized spacial score (nSPS) is 27.2. The summed E-state index contributed by atoms with van der Waals surface area (Å²) in [5.41, 5.74) is 1.45. The lowest BCUT2D eigenvalue weighted by Gasteiger charge is -2.26. The van der Waals surface area contributed by atoms with Gasteiger partial charge in [-0.05, 0) is 50.6 Å². The van der Waals surface area contributed by atoms with Crippen molar-refractivity contribution in [2.75, 3.05) is 13.2 Å². The van der Waals surface area contributed by atoms with Crippen molar-refractivity contribution >= 4 is 11.3 Å². The van der Waals surface area contributed by atoms with Crippen LogP contribution in [0.1, 0.15) is 43.2 Å². The van der Waals surface area contributed by atoms with E-state index in [0.29, 0.717) is 6.04 Å². The SMILES string of the molecule is Cc1ccsc1C(C)NCC1(C)CCCO1. The fourth-order valence-corrected chi connectivity index (χ4v) is 3.23. The second kappa shape index (κ2) is 4.86. The summed E-state index contributed by atoms with van der Waals surface area (Å²) in [6, 6.07) is 2.62. The van der Waals surface area contributed by atoms with Crippen molar-refractivity contribution in [3.63, 3.8) is 0 Å². The molecule has 1 N–H and O–H groups in total. The summed E-state index contributed by atoms with van der Waals surface area (Å²) in [4.78, 5) is 1.45. The predicted octanol–water partition coefficient (Wildman–Crippen LogP) is 3.28. The Morgan fingerprint density at radius 2 is 2.44 bits per heavy atom. The van der Waals surface area contributed by atoms with E-state index in [1.54, 1.807) is 0 Å². The summed E-state index contributed by atoms with van der Waals surface area (Å²) in [5, 5.41) is 5.76.